The molecule has 0 bridgehead atoms. The molecule has 0 unspecified atom stereocenters. The van der Waals surface area contributed by atoms with Crippen LogP contribution in [0, 0.1) is 18.3 Å². The van der Waals surface area contributed by atoms with Crippen LogP contribution in [0.1, 0.15) is 22.5 Å². The van der Waals surface area contributed by atoms with Crippen molar-refractivity contribution in [3.8, 4) is 6.07 Å². The topological polar surface area (TPSA) is 87.7 Å². The van der Waals surface area contributed by atoms with E-state index in [-0.39, 0.29) is 17.7 Å². The second-order valence-corrected chi connectivity index (χ2v) is 8.22. The van der Waals surface area contributed by atoms with Gasteiger partial charge in [0.05, 0.1) is 17.6 Å². The van der Waals surface area contributed by atoms with Crippen LogP contribution < -0.4 is 10.5 Å². The molecule has 7 nitrogen and oxygen atoms in total. The lowest BCUT2D eigenvalue weighted by Crippen LogP contribution is -2.26. The fraction of sp³-hybridized carbons (Fsp3) is 0.148. The molecule has 0 aliphatic rings. The highest BCUT2D eigenvalue weighted by Crippen LogP contribution is 2.25. The van der Waals surface area contributed by atoms with Gasteiger partial charge in [0.15, 0.2) is 5.82 Å². The van der Waals surface area contributed by atoms with E-state index in [0.29, 0.717) is 17.9 Å². The number of aryl methyl sites for hydroxylation is 1. The van der Waals surface area contributed by atoms with Crippen molar-refractivity contribution in [3.05, 3.63) is 106 Å². The summed E-state index contributed by atoms with van der Waals surface area (Å²) in [6.45, 7) is 2.60. The third kappa shape index (κ3) is 3.76. The van der Waals surface area contributed by atoms with E-state index < -0.39 is 0 Å². The summed E-state index contributed by atoms with van der Waals surface area (Å²) < 4.78 is 1.59. The summed E-state index contributed by atoms with van der Waals surface area (Å²) >= 11 is 0. The zero-order valence-corrected chi connectivity index (χ0v) is 18.9. The van der Waals surface area contributed by atoms with Crippen LogP contribution in [0.5, 0.6) is 0 Å². The molecule has 3 aromatic heterocycles. The van der Waals surface area contributed by atoms with Crippen molar-refractivity contribution in [1.29, 1.82) is 5.26 Å². The Bertz CT molecular complexity index is 1620. The Morgan fingerprint density at radius 1 is 1.00 bits per heavy atom. The number of hydrogen-bond acceptors (Lipinski definition) is 6. The van der Waals surface area contributed by atoms with Crippen molar-refractivity contribution < 1.29 is 0 Å². The molecule has 0 spiro atoms. The van der Waals surface area contributed by atoms with Gasteiger partial charge < -0.3 is 4.90 Å². The standard InChI is InChI=1S/C27H22N6O/c1-18-20-9-4-6-12-24(20)33(27(34)22(18)14-28)17-25-30-23-11-5-3-10-21(23)26(31-25)32(2)16-19-8-7-13-29-15-19/h3-13,15H,16-17H2,1-2H3. The van der Waals surface area contributed by atoms with Crippen molar-refractivity contribution in [2.45, 2.75) is 20.0 Å². The maximum Gasteiger partial charge on any atom is 0.269 e. The van der Waals surface area contributed by atoms with E-state index in [2.05, 4.69) is 16.0 Å². The highest BCUT2D eigenvalue weighted by Gasteiger charge is 2.17. The smallest absolute Gasteiger partial charge is 0.269 e. The Balaban J connectivity index is 1.65. The number of fused-ring (bicyclic) bond motifs is 2. The van der Waals surface area contributed by atoms with Gasteiger partial charge in [-0.25, -0.2) is 9.97 Å². The van der Waals surface area contributed by atoms with Crippen LogP contribution in [0.3, 0.4) is 0 Å². The molecule has 0 fully saturated rings. The number of hydrogen-bond donors (Lipinski definition) is 0. The zero-order valence-electron chi connectivity index (χ0n) is 18.9. The first-order chi connectivity index (χ1) is 16.6. The molecule has 0 N–H and O–H groups in total. The van der Waals surface area contributed by atoms with Crippen LogP contribution in [0.2, 0.25) is 0 Å². The maximum absolute atomic E-state index is 13.2. The Morgan fingerprint density at radius 3 is 2.53 bits per heavy atom. The third-order valence-electron chi connectivity index (χ3n) is 5.98. The molecule has 0 aliphatic carbocycles. The molecule has 5 aromatic rings. The average molecular weight is 447 g/mol. The zero-order chi connectivity index (χ0) is 23.7. The number of pyridine rings is 2. The van der Waals surface area contributed by atoms with E-state index in [0.717, 1.165) is 33.2 Å². The van der Waals surface area contributed by atoms with Gasteiger partial charge in [-0.15, -0.1) is 0 Å². The normalized spacial score (nSPS) is 11.0. The lowest BCUT2D eigenvalue weighted by atomic mass is 10.0. The van der Waals surface area contributed by atoms with E-state index in [1.165, 1.54) is 0 Å². The third-order valence-corrected chi connectivity index (χ3v) is 5.98. The molecule has 166 valence electrons. The van der Waals surface area contributed by atoms with Gasteiger partial charge in [-0.3, -0.25) is 14.3 Å². The van der Waals surface area contributed by atoms with Crippen LogP contribution in [-0.2, 0) is 13.1 Å². The first-order valence-electron chi connectivity index (χ1n) is 10.9. The predicted octanol–water partition coefficient (Wildman–Crippen LogP) is 4.20. The SMILES string of the molecule is Cc1c(C#N)c(=O)n(Cc2nc(N(C)Cc3cccnc3)c3ccccc3n2)c2ccccc12. The molecule has 0 atom stereocenters. The van der Waals surface area contributed by atoms with Gasteiger partial charge in [0.1, 0.15) is 17.5 Å². The van der Waals surface area contributed by atoms with Gasteiger partial charge in [0.25, 0.3) is 5.56 Å². The van der Waals surface area contributed by atoms with Gasteiger partial charge in [0, 0.05) is 36.8 Å². The summed E-state index contributed by atoms with van der Waals surface area (Å²) in [5.41, 5.74) is 3.12. The number of para-hydroxylation sites is 2. The lowest BCUT2D eigenvalue weighted by Gasteiger charge is -2.21. The van der Waals surface area contributed by atoms with Gasteiger partial charge in [-0.05, 0) is 42.3 Å². The number of benzene rings is 2. The van der Waals surface area contributed by atoms with Crippen molar-refractivity contribution in [3.63, 3.8) is 0 Å². The molecule has 7 heteroatoms. The molecule has 0 amide bonds. The molecule has 0 radical (unpaired) electrons. The molecule has 0 saturated carbocycles. The van der Waals surface area contributed by atoms with Crippen LogP contribution in [0.25, 0.3) is 21.8 Å². The highest BCUT2D eigenvalue weighted by atomic mass is 16.1. The van der Waals surface area contributed by atoms with Crippen LogP contribution in [0.15, 0.2) is 77.9 Å². The number of aromatic nitrogens is 4. The predicted molar refractivity (Wildman–Crippen MR) is 133 cm³/mol. The van der Waals surface area contributed by atoms with Crippen LogP contribution in [0.4, 0.5) is 5.82 Å². The van der Waals surface area contributed by atoms with Crippen LogP contribution >= 0.6 is 0 Å². The van der Waals surface area contributed by atoms with Gasteiger partial charge >= 0.3 is 0 Å². The quantitative estimate of drug-likeness (QED) is 0.402. The van der Waals surface area contributed by atoms with Crippen LogP contribution in [-0.4, -0.2) is 26.6 Å². The van der Waals surface area contributed by atoms with Crippen molar-refractivity contribution in [1.82, 2.24) is 19.5 Å². The minimum atomic E-state index is -0.333. The van der Waals surface area contributed by atoms with E-state index in [4.69, 9.17) is 9.97 Å². The molecule has 3 heterocycles. The molecular formula is C27H22N6O. The fourth-order valence-electron chi connectivity index (χ4n) is 4.30. The Labute approximate surface area is 196 Å². The minimum Gasteiger partial charge on any atom is -0.355 e. The summed E-state index contributed by atoms with van der Waals surface area (Å²) in [4.78, 5) is 29.1. The Hall–Kier alpha value is -4.57. The summed E-state index contributed by atoms with van der Waals surface area (Å²) in [5, 5.41) is 11.4. The molecule has 2 aromatic carbocycles. The van der Waals surface area contributed by atoms with E-state index in [1.807, 2.05) is 80.8 Å². The van der Waals surface area contributed by atoms with E-state index in [1.54, 1.807) is 10.8 Å². The number of anilines is 1. The second-order valence-electron chi connectivity index (χ2n) is 8.22. The van der Waals surface area contributed by atoms with Crippen molar-refractivity contribution in [2.75, 3.05) is 11.9 Å². The van der Waals surface area contributed by atoms with Crippen molar-refractivity contribution in [2.24, 2.45) is 0 Å². The largest absolute Gasteiger partial charge is 0.355 e. The van der Waals surface area contributed by atoms with Gasteiger partial charge in [-0.1, -0.05) is 36.4 Å². The molecule has 34 heavy (non-hydrogen) atoms. The van der Waals surface area contributed by atoms with E-state index in [9.17, 15) is 10.1 Å². The second kappa shape index (κ2) is 8.75. The summed E-state index contributed by atoms with van der Waals surface area (Å²) in [7, 11) is 1.98. The first-order valence-corrected chi connectivity index (χ1v) is 10.9. The van der Waals surface area contributed by atoms with Crippen molar-refractivity contribution >= 4 is 27.6 Å². The Kier molecular flexibility index (Phi) is 5.48. The lowest BCUT2D eigenvalue weighted by molar-refractivity contribution is 0.739. The monoisotopic (exact) mass is 446 g/mol. The van der Waals surface area contributed by atoms with Gasteiger partial charge in [-0.2, -0.15) is 5.26 Å². The molecule has 0 aliphatic heterocycles. The van der Waals surface area contributed by atoms with E-state index >= 15 is 0 Å². The first kappa shape index (κ1) is 21.3. The maximum atomic E-state index is 13.2. The number of nitrogens with zero attached hydrogens (tertiary/aromatic N) is 6. The van der Waals surface area contributed by atoms with Gasteiger partial charge in [0.2, 0.25) is 0 Å². The minimum absolute atomic E-state index is 0.147. The highest BCUT2D eigenvalue weighted by molar-refractivity contribution is 5.89. The fourth-order valence-corrected chi connectivity index (χ4v) is 4.30. The molecular weight excluding hydrogens is 424 g/mol. The summed E-state index contributed by atoms with van der Waals surface area (Å²) in [6, 6.07) is 21.5. The number of rotatable bonds is 5. The number of nitriles is 1. The molecule has 0 saturated heterocycles. The molecule has 5 rings (SSSR count). The average Bonchev–Trinajstić information content (AvgIpc) is 2.87. The Morgan fingerprint density at radius 2 is 1.76 bits per heavy atom. The summed E-state index contributed by atoms with van der Waals surface area (Å²) in [5.74, 6) is 1.28. The summed E-state index contributed by atoms with van der Waals surface area (Å²) in [6.07, 6.45) is 3.59.